The second-order valence-electron chi connectivity index (χ2n) is 10.7. The second kappa shape index (κ2) is 11.8. The van der Waals surface area contributed by atoms with Gasteiger partial charge in [-0.25, -0.2) is 0 Å². The minimum Gasteiger partial charge on any atom is -0.378 e. The highest BCUT2D eigenvalue weighted by Gasteiger charge is 2.33. The van der Waals surface area contributed by atoms with Gasteiger partial charge in [0, 0.05) is 55.3 Å². The minimum absolute atomic E-state index is 0. The van der Waals surface area contributed by atoms with Gasteiger partial charge in [0.2, 0.25) is 11.8 Å². The predicted molar refractivity (Wildman–Crippen MR) is 152 cm³/mol. The Morgan fingerprint density at radius 2 is 1.79 bits per heavy atom. The van der Waals surface area contributed by atoms with E-state index in [0.717, 1.165) is 27.6 Å². The number of fused-ring (bicyclic) bond motifs is 2. The Kier molecular flexibility index (Phi) is 8.64. The van der Waals surface area contributed by atoms with E-state index in [0.29, 0.717) is 57.8 Å². The number of halogens is 1. The van der Waals surface area contributed by atoms with Crippen LogP contribution in [-0.2, 0) is 33.7 Å². The Hall–Kier alpha value is -3.40. The van der Waals surface area contributed by atoms with E-state index in [-0.39, 0.29) is 30.1 Å². The number of carbonyl (C=O) groups is 3. The van der Waals surface area contributed by atoms with Crippen molar-refractivity contribution >= 4 is 41.0 Å². The second-order valence-corrected chi connectivity index (χ2v) is 10.7. The zero-order valence-corrected chi connectivity index (χ0v) is 23.2. The van der Waals surface area contributed by atoms with Crippen LogP contribution in [0.2, 0.25) is 0 Å². The lowest BCUT2D eigenvalue weighted by atomic mass is 9.95. The van der Waals surface area contributed by atoms with Gasteiger partial charge in [-0.3, -0.25) is 14.4 Å². The van der Waals surface area contributed by atoms with Crippen molar-refractivity contribution in [3.05, 3.63) is 70.9 Å². The van der Waals surface area contributed by atoms with Gasteiger partial charge in [-0.2, -0.15) is 0 Å². The Morgan fingerprint density at radius 1 is 1.05 bits per heavy atom. The largest absolute Gasteiger partial charge is 0.378 e. The van der Waals surface area contributed by atoms with E-state index >= 15 is 0 Å². The third-order valence-electron chi connectivity index (χ3n) is 7.36. The molecule has 0 saturated carbocycles. The summed E-state index contributed by atoms with van der Waals surface area (Å²) in [6.45, 7) is 6.50. The molecule has 0 bridgehead atoms. The van der Waals surface area contributed by atoms with Gasteiger partial charge in [0.05, 0.1) is 18.8 Å². The average Bonchev–Trinajstić information content (AvgIpc) is 3.34. The van der Waals surface area contributed by atoms with Gasteiger partial charge < -0.3 is 30.6 Å². The van der Waals surface area contributed by atoms with E-state index < -0.39 is 11.6 Å². The summed E-state index contributed by atoms with van der Waals surface area (Å²) >= 11 is 0. The van der Waals surface area contributed by atoms with Crippen molar-refractivity contribution in [1.82, 2.24) is 20.1 Å². The standard InChI is InChI=1S/C29H35N5O4.ClH/c1-29(2,30)28(37)32-25(16-22-17-31-24-6-4-3-5-23(22)24)27(36)34-10-9-19-15-20(7-8-21(19)18-34)26(35)33-11-13-38-14-12-33;/h3-8,15,17,25,31H,9-14,16,18,30H2,1-2H3,(H,32,37);1H. The molecule has 0 spiro atoms. The van der Waals surface area contributed by atoms with Crippen LogP contribution in [0.4, 0.5) is 0 Å². The van der Waals surface area contributed by atoms with Crippen LogP contribution in [0, 0.1) is 0 Å². The maximum absolute atomic E-state index is 13.8. The first-order chi connectivity index (χ1) is 18.2. The fourth-order valence-electron chi connectivity index (χ4n) is 5.11. The van der Waals surface area contributed by atoms with Crippen LogP contribution in [0.5, 0.6) is 0 Å². The number of para-hydroxylation sites is 1. The number of nitrogens with two attached hydrogens (primary N) is 1. The Morgan fingerprint density at radius 3 is 2.54 bits per heavy atom. The SMILES string of the molecule is CC(C)(N)C(=O)NC(Cc1c[nH]c2ccccc12)C(=O)N1CCc2cc(C(=O)N3CCOCC3)ccc2C1.Cl. The molecule has 1 saturated heterocycles. The number of hydrogen-bond acceptors (Lipinski definition) is 5. The van der Waals surface area contributed by atoms with Gasteiger partial charge >= 0.3 is 0 Å². The topological polar surface area (TPSA) is 121 Å². The highest BCUT2D eigenvalue weighted by Crippen LogP contribution is 2.24. The fourth-order valence-corrected chi connectivity index (χ4v) is 5.11. The molecule has 0 radical (unpaired) electrons. The van der Waals surface area contributed by atoms with Crippen molar-refractivity contribution < 1.29 is 19.1 Å². The molecule has 9 nitrogen and oxygen atoms in total. The number of H-pyrrole nitrogens is 1. The molecule has 3 amide bonds. The Balaban J connectivity index is 0.00000353. The van der Waals surface area contributed by atoms with E-state index in [2.05, 4.69) is 10.3 Å². The molecule has 10 heteroatoms. The molecule has 4 N–H and O–H groups in total. The number of morpholine rings is 1. The summed E-state index contributed by atoms with van der Waals surface area (Å²) in [5.74, 6) is -0.508. The monoisotopic (exact) mass is 553 g/mol. The van der Waals surface area contributed by atoms with Crippen LogP contribution < -0.4 is 11.1 Å². The van der Waals surface area contributed by atoms with Crippen LogP contribution >= 0.6 is 12.4 Å². The summed E-state index contributed by atoms with van der Waals surface area (Å²) in [5, 5.41) is 3.93. The van der Waals surface area contributed by atoms with Gasteiger partial charge in [0.25, 0.3) is 5.91 Å². The zero-order chi connectivity index (χ0) is 26.9. The van der Waals surface area contributed by atoms with Crippen molar-refractivity contribution in [2.75, 3.05) is 32.8 Å². The van der Waals surface area contributed by atoms with Crippen LogP contribution in [0.3, 0.4) is 0 Å². The molecule has 3 aromatic rings. The van der Waals surface area contributed by atoms with E-state index in [1.807, 2.05) is 53.6 Å². The highest BCUT2D eigenvalue weighted by molar-refractivity contribution is 5.95. The number of nitrogens with one attached hydrogen (secondary N) is 2. The molecule has 208 valence electrons. The molecule has 0 aliphatic carbocycles. The molecule has 1 atom stereocenters. The number of aromatic amines is 1. The van der Waals surface area contributed by atoms with E-state index in [9.17, 15) is 14.4 Å². The smallest absolute Gasteiger partial charge is 0.254 e. The van der Waals surface area contributed by atoms with Crippen molar-refractivity contribution in [2.24, 2.45) is 5.73 Å². The third-order valence-corrected chi connectivity index (χ3v) is 7.36. The van der Waals surface area contributed by atoms with Crippen LogP contribution in [0.1, 0.15) is 40.9 Å². The van der Waals surface area contributed by atoms with E-state index in [1.54, 1.807) is 18.7 Å². The van der Waals surface area contributed by atoms with Gasteiger partial charge in [-0.05, 0) is 55.2 Å². The van der Waals surface area contributed by atoms with Crippen LogP contribution in [0.25, 0.3) is 10.9 Å². The van der Waals surface area contributed by atoms with Gasteiger partial charge in [0.15, 0.2) is 0 Å². The lowest BCUT2D eigenvalue weighted by molar-refractivity contribution is -0.138. The van der Waals surface area contributed by atoms with Gasteiger partial charge in [0.1, 0.15) is 6.04 Å². The Bertz CT molecular complexity index is 1360. The number of carbonyl (C=O) groups excluding carboxylic acids is 3. The van der Waals surface area contributed by atoms with Crippen molar-refractivity contribution in [3.8, 4) is 0 Å². The van der Waals surface area contributed by atoms with Gasteiger partial charge in [-0.1, -0.05) is 24.3 Å². The Labute approximate surface area is 234 Å². The van der Waals surface area contributed by atoms with Crippen LogP contribution in [-0.4, -0.2) is 76.9 Å². The molecule has 5 rings (SSSR count). The maximum atomic E-state index is 13.8. The fraction of sp³-hybridized carbons (Fsp3) is 0.414. The van der Waals surface area contributed by atoms with E-state index in [4.69, 9.17) is 10.5 Å². The maximum Gasteiger partial charge on any atom is 0.254 e. The molecule has 2 aliphatic heterocycles. The zero-order valence-electron chi connectivity index (χ0n) is 22.4. The molecule has 1 fully saturated rings. The molecule has 2 aromatic carbocycles. The lowest BCUT2D eigenvalue weighted by Crippen LogP contribution is -2.57. The number of ether oxygens (including phenoxy) is 1. The molecule has 3 heterocycles. The summed E-state index contributed by atoms with van der Waals surface area (Å²) < 4.78 is 5.36. The number of nitrogens with zero attached hydrogens (tertiary/aromatic N) is 2. The molecular formula is C29H36ClN5O4. The number of amides is 3. The van der Waals surface area contributed by atoms with Crippen molar-refractivity contribution in [1.29, 1.82) is 0 Å². The third kappa shape index (κ3) is 6.27. The van der Waals surface area contributed by atoms with Gasteiger partial charge in [-0.15, -0.1) is 12.4 Å². The number of rotatable bonds is 6. The summed E-state index contributed by atoms with van der Waals surface area (Å²) in [6.07, 6.45) is 2.88. The normalized spacial score (nSPS) is 16.3. The first kappa shape index (κ1) is 28.6. The average molecular weight is 554 g/mol. The lowest BCUT2D eigenvalue weighted by Gasteiger charge is -2.33. The quantitative estimate of drug-likeness (QED) is 0.433. The van der Waals surface area contributed by atoms with E-state index in [1.165, 1.54) is 0 Å². The number of hydrogen-bond donors (Lipinski definition) is 3. The molecular weight excluding hydrogens is 518 g/mol. The molecule has 1 unspecified atom stereocenters. The van der Waals surface area contributed by atoms with Crippen LogP contribution in [0.15, 0.2) is 48.7 Å². The predicted octanol–water partition coefficient (Wildman–Crippen LogP) is 2.41. The van der Waals surface area contributed by atoms with Crippen molar-refractivity contribution in [2.45, 2.75) is 44.8 Å². The summed E-state index contributed by atoms with van der Waals surface area (Å²) in [4.78, 5) is 46.4. The minimum atomic E-state index is -1.11. The molecule has 1 aromatic heterocycles. The highest BCUT2D eigenvalue weighted by atomic mass is 35.5. The molecule has 39 heavy (non-hydrogen) atoms. The molecule has 2 aliphatic rings. The number of benzene rings is 2. The first-order valence-corrected chi connectivity index (χ1v) is 13.1. The summed E-state index contributed by atoms with van der Waals surface area (Å²) in [6, 6.07) is 12.9. The number of aromatic nitrogens is 1. The first-order valence-electron chi connectivity index (χ1n) is 13.1. The summed E-state index contributed by atoms with van der Waals surface area (Å²) in [7, 11) is 0. The van der Waals surface area contributed by atoms with Crippen molar-refractivity contribution in [3.63, 3.8) is 0 Å². The summed E-state index contributed by atoms with van der Waals surface area (Å²) in [5.41, 5.74) is 9.62.